The molecule has 0 bridgehead atoms. The Kier molecular flexibility index (Phi) is 5.07. The molecular weight excluding hydrogens is 186 g/mol. The summed E-state index contributed by atoms with van der Waals surface area (Å²) in [4.78, 5) is 2.28. The fourth-order valence-corrected chi connectivity index (χ4v) is 1.91. The summed E-state index contributed by atoms with van der Waals surface area (Å²) in [6, 6.07) is 2.31. The van der Waals surface area contributed by atoms with Gasteiger partial charge in [-0.1, -0.05) is 13.8 Å². The fraction of sp³-hybridized carbons (Fsp3) is 0.917. The summed E-state index contributed by atoms with van der Waals surface area (Å²) in [5.41, 5.74) is 0. The van der Waals surface area contributed by atoms with Crippen molar-refractivity contribution in [3.63, 3.8) is 0 Å². The van der Waals surface area contributed by atoms with Crippen LogP contribution < -0.4 is 5.32 Å². The number of nitrogens with zero attached hydrogens (tertiary/aromatic N) is 2. The standard InChI is InChI=1S/C12H23N3/c1-4-5-14-12(7-13)9-15(3)8-11-6-10(11)2/h10-12,14H,4-6,8-9H2,1-3H3. The summed E-state index contributed by atoms with van der Waals surface area (Å²) in [5.74, 6) is 1.78. The van der Waals surface area contributed by atoms with E-state index >= 15 is 0 Å². The van der Waals surface area contributed by atoms with Gasteiger partial charge in [-0.3, -0.25) is 0 Å². The predicted molar refractivity (Wildman–Crippen MR) is 62.5 cm³/mol. The molecule has 1 aliphatic rings. The number of hydrogen-bond acceptors (Lipinski definition) is 3. The van der Waals surface area contributed by atoms with Crippen LogP contribution in [-0.2, 0) is 0 Å². The summed E-state index contributed by atoms with van der Waals surface area (Å²) >= 11 is 0. The molecule has 1 aliphatic carbocycles. The molecule has 0 saturated heterocycles. The van der Waals surface area contributed by atoms with Gasteiger partial charge in [-0.2, -0.15) is 5.26 Å². The van der Waals surface area contributed by atoms with E-state index in [0.29, 0.717) is 0 Å². The molecule has 86 valence electrons. The van der Waals surface area contributed by atoms with Gasteiger partial charge in [-0.05, 0) is 38.3 Å². The van der Waals surface area contributed by atoms with Gasteiger partial charge in [0.25, 0.3) is 0 Å². The summed E-state index contributed by atoms with van der Waals surface area (Å²) < 4.78 is 0. The molecule has 3 heteroatoms. The SMILES string of the molecule is CCCNC(C#N)CN(C)CC1CC1C. The van der Waals surface area contributed by atoms with E-state index in [1.807, 2.05) is 0 Å². The largest absolute Gasteiger partial charge is 0.303 e. The zero-order valence-corrected chi connectivity index (χ0v) is 10.2. The Hall–Kier alpha value is -0.590. The molecule has 0 aromatic heterocycles. The molecule has 1 saturated carbocycles. The minimum Gasteiger partial charge on any atom is -0.303 e. The van der Waals surface area contributed by atoms with E-state index in [4.69, 9.17) is 5.26 Å². The van der Waals surface area contributed by atoms with E-state index in [-0.39, 0.29) is 6.04 Å². The van der Waals surface area contributed by atoms with Gasteiger partial charge < -0.3 is 10.2 Å². The lowest BCUT2D eigenvalue weighted by Crippen LogP contribution is -2.39. The molecular formula is C12H23N3. The first kappa shape index (κ1) is 12.5. The van der Waals surface area contributed by atoms with Crippen molar-refractivity contribution in [1.29, 1.82) is 5.26 Å². The van der Waals surface area contributed by atoms with Crippen molar-refractivity contribution in [2.75, 3.05) is 26.7 Å². The Morgan fingerprint density at radius 3 is 2.73 bits per heavy atom. The summed E-state index contributed by atoms with van der Waals surface area (Å²) in [7, 11) is 2.11. The summed E-state index contributed by atoms with van der Waals surface area (Å²) in [5, 5.41) is 12.2. The Balaban J connectivity index is 2.16. The minimum atomic E-state index is -0.0102. The first-order chi connectivity index (χ1) is 7.17. The summed E-state index contributed by atoms with van der Waals surface area (Å²) in [6.45, 7) is 7.35. The third-order valence-electron chi connectivity index (χ3n) is 3.11. The molecule has 0 aromatic rings. The first-order valence-corrected chi connectivity index (χ1v) is 5.98. The average Bonchev–Trinajstić information content (AvgIpc) is 2.88. The number of hydrogen-bond donors (Lipinski definition) is 1. The fourth-order valence-electron chi connectivity index (χ4n) is 1.91. The van der Waals surface area contributed by atoms with Crippen LogP contribution in [-0.4, -0.2) is 37.6 Å². The molecule has 0 spiro atoms. The van der Waals surface area contributed by atoms with Gasteiger partial charge in [0.05, 0.1) is 6.07 Å². The maximum absolute atomic E-state index is 8.96. The van der Waals surface area contributed by atoms with Gasteiger partial charge in [0.15, 0.2) is 0 Å². The van der Waals surface area contributed by atoms with Gasteiger partial charge >= 0.3 is 0 Å². The predicted octanol–water partition coefficient (Wildman–Crippen LogP) is 1.47. The maximum atomic E-state index is 8.96. The topological polar surface area (TPSA) is 39.1 Å². The van der Waals surface area contributed by atoms with E-state index in [9.17, 15) is 0 Å². The van der Waals surface area contributed by atoms with E-state index in [1.54, 1.807) is 0 Å². The zero-order valence-electron chi connectivity index (χ0n) is 10.2. The Morgan fingerprint density at radius 2 is 2.27 bits per heavy atom. The quantitative estimate of drug-likeness (QED) is 0.690. The number of nitriles is 1. The van der Waals surface area contributed by atoms with Gasteiger partial charge in [-0.15, -0.1) is 0 Å². The second-order valence-electron chi connectivity index (χ2n) is 4.83. The average molecular weight is 209 g/mol. The lowest BCUT2D eigenvalue weighted by Gasteiger charge is -2.20. The molecule has 0 radical (unpaired) electrons. The summed E-state index contributed by atoms with van der Waals surface area (Å²) in [6.07, 6.45) is 2.45. The van der Waals surface area contributed by atoms with E-state index in [1.165, 1.54) is 6.42 Å². The highest BCUT2D eigenvalue weighted by Crippen LogP contribution is 2.37. The van der Waals surface area contributed by atoms with Crippen molar-refractivity contribution in [2.45, 2.75) is 32.7 Å². The van der Waals surface area contributed by atoms with Crippen LogP contribution in [0, 0.1) is 23.2 Å². The van der Waals surface area contributed by atoms with Gasteiger partial charge in [0.2, 0.25) is 0 Å². The number of likely N-dealkylation sites (N-methyl/N-ethyl adjacent to an activating group) is 1. The van der Waals surface area contributed by atoms with Crippen LogP contribution in [0.1, 0.15) is 26.7 Å². The van der Waals surface area contributed by atoms with Crippen LogP contribution in [0.3, 0.4) is 0 Å². The van der Waals surface area contributed by atoms with Gasteiger partial charge in [0.1, 0.15) is 6.04 Å². The van der Waals surface area contributed by atoms with Crippen LogP contribution in [0.4, 0.5) is 0 Å². The van der Waals surface area contributed by atoms with Crippen LogP contribution in [0.5, 0.6) is 0 Å². The Labute approximate surface area is 93.5 Å². The Bertz CT molecular complexity index is 221. The zero-order chi connectivity index (χ0) is 11.3. The normalized spacial score (nSPS) is 26.3. The van der Waals surface area contributed by atoms with Gasteiger partial charge in [0, 0.05) is 13.1 Å². The second-order valence-corrected chi connectivity index (χ2v) is 4.83. The van der Waals surface area contributed by atoms with Crippen LogP contribution in [0.2, 0.25) is 0 Å². The molecule has 15 heavy (non-hydrogen) atoms. The highest BCUT2D eigenvalue weighted by Gasteiger charge is 2.33. The maximum Gasteiger partial charge on any atom is 0.108 e. The molecule has 3 nitrogen and oxygen atoms in total. The lowest BCUT2D eigenvalue weighted by molar-refractivity contribution is 0.295. The molecule has 0 aliphatic heterocycles. The lowest BCUT2D eigenvalue weighted by atomic mass is 10.2. The van der Waals surface area contributed by atoms with Crippen molar-refractivity contribution in [3.05, 3.63) is 0 Å². The van der Waals surface area contributed by atoms with Crippen LogP contribution in [0.25, 0.3) is 0 Å². The molecule has 1 fully saturated rings. The Morgan fingerprint density at radius 1 is 1.60 bits per heavy atom. The third kappa shape index (κ3) is 4.63. The highest BCUT2D eigenvalue weighted by molar-refractivity contribution is 4.93. The highest BCUT2D eigenvalue weighted by atomic mass is 15.1. The molecule has 3 unspecified atom stereocenters. The van der Waals surface area contributed by atoms with Crippen LogP contribution >= 0.6 is 0 Å². The molecule has 0 amide bonds. The van der Waals surface area contributed by atoms with Crippen molar-refractivity contribution in [3.8, 4) is 6.07 Å². The van der Waals surface area contributed by atoms with Crippen molar-refractivity contribution in [2.24, 2.45) is 11.8 Å². The molecule has 0 aromatic carbocycles. The molecule has 1 N–H and O–H groups in total. The van der Waals surface area contributed by atoms with Crippen molar-refractivity contribution in [1.82, 2.24) is 10.2 Å². The van der Waals surface area contributed by atoms with Crippen molar-refractivity contribution < 1.29 is 0 Å². The van der Waals surface area contributed by atoms with Gasteiger partial charge in [-0.25, -0.2) is 0 Å². The van der Waals surface area contributed by atoms with E-state index in [0.717, 1.165) is 37.9 Å². The monoisotopic (exact) mass is 209 g/mol. The van der Waals surface area contributed by atoms with E-state index in [2.05, 4.69) is 37.2 Å². The molecule has 3 atom stereocenters. The van der Waals surface area contributed by atoms with Crippen LogP contribution in [0.15, 0.2) is 0 Å². The number of nitrogens with one attached hydrogen (secondary N) is 1. The number of rotatable bonds is 7. The van der Waals surface area contributed by atoms with E-state index < -0.39 is 0 Å². The van der Waals surface area contributed by atoms with Crippen molar-refractivity contribution >= 4 is 0 Å². The third-order valence-corrected chi connectivity index (χ3v) is 3.11. The molecule has 0 heterocycles. The first-order valence-electron chi connectivity index (χ1n) is 5.98. The second kappa shape index (κ2) is 6.09. The molecule has 1 rings (SSSR count). The minimum absolute atomic E-state index is 0.0102. The smallest absolute Gasteiger partial charge is 0.108 e.